The normalized spacial score (nSPS) is 17.4. The molecule has 0 aliphatic carbocycles. The van der Waals surface area contributed by atoms with Crippen LogP contribution in [0.5, 0.6) is 17.2 Å². The van der Waals surface area contributed by atoms with Crippen molar-refractivity contribution in [3.05, 3.63) is 89.5 Å². The molecule has 0 saturated carbocycles. The topological polar surface area (TPSA) is 48.0 Å². The summed E-state index contributed by atoms with van der Waals surface area (Å²) in [7, 11) is 3.29. The fraction of sp³-hybridized carbons (Fsp3) is 0.387. The van der Waals surface area contributed by atoms with Crippen LogP contribution in [0.15, 0.2) is 72.8 Å². The quantitative estimate of drug-likeness (QED) is 0.310. The van der Waals surface area contributed by atoms with Gasteiger partial charge in [-0.15, -0.1) is 0 Å². The van der Waals surface area contributed by atoms with E-state index in [0.717, 1.165) is 47.4 Å². The summed E-state index contributed by atoms with van der Waals surface area (Å²) < 4.78 is 16.9. The van der Waals surface area contributed by atoms with Gasteiger partial charge in [-0.05, 0) is 91.9 Å². The number of likely N-dealkylation sites (tertiary alicyclic amines) is 1. The number of benzene rings is 3. The maximum Gasteiger partial charge on any atom is 0.170 e. The first-order chi connectivity index (χ1) is 17.5. The average molecular weight is 488 g/mol. The van der Waals surface area contributed by atoms with E-state index >= 15 is 0 Å². The van der Waals surface area contributed by atoms with Crippen LogP contribution < -0.4 is 14.2 Å². The van der Waals surface area contributed by atoms with Crippen LogP contribution in [0.25, 0.3) is 0 Å². The predicted molar refractivity (Wildman–Crippen MR) is 144 cm³/mol. The zero-order chi connectivity index (χ0) is 25.5. The molecule has 0 N–H and O–H groups in total. The summed E-state index contributed by atoms with van der Waals surface area (Å²) in [6, 6.07) is 23.6. The number of Topliss-reactive ketones (excluding diaryl/α,β-unsaturated/α-hetero) is 1. The van der Waals surface area contributed by atoms with Crippen molar-refractivity contribution < 1.29 is 19.0 Å². The van der Waals surface area contributed by atoms with Gasteiger partial charge in [0.2, 0.25) is 0 Å². The van der Waals surface area contributed by atoms with Gasteiger partial charge >= 0.3 is 0 Å². The highest BCUT2D eigenvalue weighted by molar-refractivity contribution is 6.01. The van der Waals surface area contributed by atoms with Crippen LogP contribution in [0.3, 0.4) is 0 Å². The van der Waals surface area contributed by atoms with Gasteiger partial charge in [0, 0.05) is 18.2 Å². The molecule has 0 radical (unpaired) electrons. The highest BCUT2D eigenvalue weighted by Crippen LogP contribution is 2.30. The first-order valence-corrected chi connectivity index (χ1v) is 12.7. The van der Waals surface area contributed by atoms with E-state index < -0.39 is 0 Å². The monoisotopic (exact) mass is 487 g/mol. The van der Waals surface area contributed by atoms with Crippen LogP contribution in [-0.2, 0) is 6.42 Å². The molecule has 3 aromatic carbocycles. The maximum absolute atomic E-state index is 13.8. The Balaban J connectivity index is 1.49. The van der Waals surface area contributed by atoms with Crippen molar-refractivity contribution in [3.8, 4) is 17.2 Å². The second-order valence-corrected chi connectivity index (χ2v) is 9.82. The molecule has 0 spiro atoms. The third-order valence-electron chi connectivity index (χ3n) is 7.10. The number of carbonyl (C=O) groups excluding carboxylic acids is 1. The summed E-state index contributed by atoms with van der Waals surface area (Å²) in [5.41, 5.74) is 2.64. The SMILES string of the molecule is COc1cccc(CC(C(=O)c2ccc(OCC(C)N3CCC(C)C3)cc2)c2cccc(OC)c2)c1. The summed E-state index contributed by atoms with van der Waals surface area (Å²) in [4.78, 5) is 16.3. The molecule has 3 unspecified atom stereocenters. The van der Waals surface area contributed by atoms with Gasteiger partial charge in [-0.3, -0.25) is 9.69 Å². The lowest BCUT2D eigenvalue weighted by atomic mass is 9.85. The minimum absolute atomic E-state index is 0.0667. The van der Waals surface area contributed by atoms with Crippen molar-refractivity contribution in [1.29, 1.82) is 0 Å². The molecule has 4 rings (SSSR count). The van der Waals surface area contributed by atoms with Gasteiger partial charge in [-0.25, -0.2) is 0 Å². The Morgan fingerprint density at radius 3 is 2.31 bits per heavy atom. The van der Waals surface area contributed by atoms with Crippen molar-refractivity contribution in [1.82, 2.24) is 4.90 Å². The number of nitrogens with zero attached hydrogens (tertiary/aromatic N) is 1. The Morgan fingerprint density at radius 2 is 1.64 bits per heavy atom. The number of rotatable bonds is 11. The average Bonchev–Trinajstić information content (AvgIpc) is 3.36. The lowest BCUT2D eigenvalue weighted by molar-refractivity contribution is 0.0958. The van der Waals surface area contributed by atoms with Crippen LogP contribution in [-0.4, -0.2) is 50.6 Å². The van der Waals surface area contributed by atoms with E-state index in [1.165, 1.54) is 6.42 Å². The summed E-state index contributed by atoms with van der Waals surface area (Å²) in [5.74, 6) is 2.78. The van der Waals surface area contributed by atoms with Gasteiger partial charge in [-0.2, -0.15) is 0 Å². The lowest BCUT2D eigenvalue weighted by Crippen LogP contribution is -2.35. The van der Waals surface area contributed by atoms with E-state index in [2.05, 4.69) is 18.7 Å². The molecule has 0 bridgehead atoms. The molecule has 190 valence electrons. The molecule has 3 atom stereocenters. The Kier molecular flexibility index (Phi) is 8.65. The van der Waals surface area contributed by atoms with E-state index in [1.807, 2.05) is 72.8 Å². The number of ketones is 1. The van der Waals surface area contributed by atoms with E-state index in [0.29, 0.717) is 24.6 Å². The third kappa shape index (κ3) is 6.46. The van der Waals surface area contributed by atoms with Crippen molar-refractivity contribution in [2.45, 2.75) is 38.6 Å². The van der Waals surface area contributed by atoms with Crippen LogP contribution in [0.4, 0.5) is 0 Å². The van der Waals surface area contributed by atoms with Crippen LogP contribution in [0, 0.1) is 5.92 Å². The van der Waals surface area contributed by atoms with E-state index in [4.69, 9.17) is 14.2 Å². The van der Waals surface area contributed by atoms with Crippen molar-refractivity contribution in [3.63, 3.8) is 0 Å². The van der Waals surface area contributed by atoms with Crippen LogP contribution in [0.1, 0.15) is 47.7 Å². The second kappa shape index (κ2) is 12.1. The number of hydrogen-bond donors (Lipinski definition) is 0. The van der Waals surface area contributed by atoms with Crippen LogP contribution >= 0.6 is 0 Å². The number of ether oxygens (including phenoxy) is 3. The molecular formula is C31H37NO4. The highest BCUT2D eigenvalue weighted by atomic mass is 16.5. The molecule has 1 aliphatic heterocycles. The number of carbonyl (C=O) groups is 1. The zero-order valence-corrected chi connectivity index (χ0v) is 21.8. The van der Waals surface area contributed by atoms with Crippen molar-refractivity contribution in [2.24, 2.45) is 5.92 Å². The fourth-order valence-corrected chi connectivity index (χ4v) is 4.86. The van der Waals surface area contributed by atoms with Gasteiger partial charge in [0.15, 0.2) is 5.78 Å². The lowest BCUT2D eigenvalue weighted by Gasteiger charge is -2.24. The van der Waals surface area contributed by atoms with Gasteiger partial charge in [0.1, 0.15) is 23.9 Å². The molecule has 5 heteroatoms. The molecular weight excluding hydrogens is 450 g/mol. The number of methoxy groups -OCH3 is 2. The maximum atomic E-state index is 13.8. The fourth-order valence-electron chi connectivity index (χ4n) is 4.86. The predicted octanol–water partition coefficient (Wildman–Crippen LogP) is 6.02. The van der Waals surface area contributed by atoms with E-state index in [-0.39, 0.29) is 11.7 Å². The molecule has 36 heavy (non-hydrogen) atoms. The Morgan fingerprint density at radius 1 is 0.944 bits per heavy atom. The largest absolute Gasteiger partial charge is 0.497 e. The molecule has 1 fully saturated rings. The standard InChI is InChI=1S/C31H37NO4/c1-22-15-16-32(20-22)23(2)21-36-27-13-11-25(12-14-27)31(33)30(26-8-6-10-29(19-26)35-4)18-24-7-5-9-28(17-24)34-3/h5-14,17,19,22-23,30H,15-16,18,20-21H2,1-4H3. The molecule has 1 aliphatic rings. The summed E-state index contributed by atoms with van der Waals surface area (Å²) >= 11 is 0. The minimum Gasteiger partial charge on any atom is -0.497 e. The summed E-state index contributed by atoms with van der Waals surface area (Å²) in [6.45, 7) is 7.43. The molecule has 1 heterocycles. The summed E-state index contributed by atoms with van der Waals surface area (Å²) in [5, 5.41) is 0. The summed E-state index contributed by atoms with van der Waals surface area (Å²) in [6.07, 6.45) is 1.82. The first kappa shape index (κ1) is 25.8. The molecule has 5 nitrogen and oxygen atoms in total. The van der Waals surface area contributed by atoms with Crippen molar-refractivity contribution in [2.75, 3.05) is 33.9 Å². The van der Waals surface area contributed by atoms with Gasteiger partial charge in [0.25, 0.3) is 0 Å². The minimum atomic E-state index is -0.351. The van der Waals surface area contributed by atoms with E-state index in [9.17, 15) is 4.79 Å². The zero-order valence-electron chi connectivity index (χ0n) is 21.8. The first-order valence-electron chi connectivity index (χ1n) is 12.7. The van der Waals surface area contributed by atoms with Gasteiger partial charge < -0.3 is 14.2 Å². The molecule has 3 aromatic rings. The smallest absolute Gasteiger partial charge is 0.170 e. The number of hydrogen-bond acceptors (Lipinski definition) is 5. The Labute approximate surface area is 215 Å². The Hall–Kier alpha value is -3.31. The van der Waals surface area contributed by atoms with Crippen LogP contribution in [0.2, 0.25) is 0 Å². The van der Waals surface area contributed by atoms with E-state index in [1.54, 1.807) is 14.2 Å². The highest BCUT2D eigenvalue weighted by Gasteiger charge is 2.25. The second-order valence-electron chi connectivity index (χ2n) is 9.82. The molecule has 0 aromatic heterocycles. The van der Waals surface area contributed by atoms with Gasteiger partial charge in [0.05, 0.1) is 20.1 Å². The third-order valence-corrected chi connectivity index (χ3v) is 7.10. The van der Waals surface area contributed by atoms with Gasteiger partial charge in [-0.1, -0.05) is 31.2 Å². The molecule has 1 saturated heterocycles. The molecule has 0 amide bonds. The Bertz CT molecular complexity index is 1140. The van der Waals surface area contributed by atoms with Crippen molar-refractivity contribution >= 4 is 5.78 Å².